The molecule has 130 valence electrons. The van der Waals surface area contributed by atoms with Crippen molar-refractivity contribution in [3.63, 3.8) is 0 Å². The van der Waals surface area contributed by atoms with Crippen LogP contribution in [0, 0.1) is 11.8 Å². The predicted molar refractivity (Wildman–Crippen MR) is 88.8 cm³/mol. The molecule has 0 rings (SSSR count). The van der Waals surface area contributed by atoms with Gasteiger partial charge in [0, 0.05) is 0 Å². The summed E-state index contributed by atoms with van der Waals surface area (Å²) in [6.07, 6.45) is 10.1. The molecule has 0 fully saturated rings. The lowest BCUT2D eigenvalue weighted by molar-refractivity contribution is -0.161. The van der Waals surface area contributed by atoms with Crippen molar-refractivity contribution in [2.24, 2.45) is 11.8 Å². The van der Waals surface area contributed by atoms with Crippen molar-refractivity contribution in [1.82, 2.24) is 0 Å². The highest BCUT2D eigenvalue weighted by atomic mass is 16.5. The van der Waals surface area contributed by atoms with E-state index in [9.17, 15) is 14.7 Å². The van der Waals surface area contributed by atoms with Crippen molar-refractivity contribution < 1.29 is 19.4 Å². The first-order chi connectivity index (χ1) is 10.6. The van der Waals surface area contributed by atoms with Gasteiger partial charge in [-0.25, -0.2) is 0 Å². The van der Waals surface area contributed by atoms with Crippen LogP contribution in [0.4, 0.5) is 0 Å². The van der Waals surface area contributed by atoms with Crippen LogP contribution in [0.1, 0.15) is 85.0 Å². The van der Waals surface area contributed by atoms with Crippen LogP contribution in [0.3, 0.4) is 0 Å². The summed E-state index contributed by atoms with van der Waals surface area (Å²) < 4.78 is 5.22. The van der Waals surface area contributed by atoms with Crippen LogP contribution in [0.2, 0.25) is 0 Å². The Morgan fingerprint density at radius 3 is 2.05 bits per heavy atom. The first-order valence-electron chi connectivity index (χ1n) is 8.97. The molecule has 0 radical (unpaired) electrons. The Labute approximate surface area is 135 Å². The molecular weight excluding hydrogens is 280 g/mol. The fourth-order valence-corrected chi connectivity index (χ4v) is 2.71. The molecule has 22 heavy (non-hydrogen) atoms. The number of esters is 1. The molecule has 1 N–H and O–H groups in total. The smallest absolute Gasteiger partial charge is 0.320 e. The molecule has 0 heterocycles. The molecule has 0 spiro atoms. The number of hydrogen-bond acceptors (Lipinski definition) is 3. The van der Waals surface area contributed by atoms with E-state index in [1.807, 2.05) is 6.92 Å². The van der Waals surface area contributed by atoms with Crippen molar-refractivity contribution in [3.8, 4) is 0 Å². The number of carbonyl (C=O) groups is 2. The van der Waals surface area contributed by atoms with Gasteiger partial charge in [-0.3, -0.25) is 9.59 Å². The Hall–Kier alpha value is -1.06. The van der Waals surface area contributed by atoms with E-state index in [2.05, 4.69) is 13.8 Å². The lowest BCUT2D eigenvalue weighted by atomic mass is 9.86. The lowest BCUT2D eigenvalue weighted by Crippen LogP contribution is -2.33. The molecule has 4 nitrogen and oxygen atoms in total. The zero-order valence-electron chi connectivity index (χ0n) is 14.6. The number of hydrogen-bond donors (Lipinski definition) is 1. The molecular formula is C18H34O4. The monoisotopic (exact) mass is 314 g/mol. The van der Waals surface area contributed by atoms with Crippen molar-refractivity contribution in [2.75, 3.05) is 6.61 Å². The number of ether oxygens (including phenoxy) is 1. The Balaban J connectivity index is 4.16. The average Bonchev–Trinajstić information content (AvgIpc) is 2.49. The number of carboxylic acid groups (broad SMARTS) is 1. The van der Waals surface area contributed by atoms with Gasteiger partial charge in [-0.1, -0.05) is 72.1 Å². The zero-order chi connectivity index (χ0) is 16.8. The molecule has 0 saturated carbocycles. The van der Waals surface area contributed by atoms with Gasteiger partial charge >= 0.3 is 11.9 Å². The van der Waals surface area contributed by atoms with Gasteiger partial charge in [-0.05, 0) is 18.8 Å². The predicted octanol–water partition coefficient (Wildman–Crippen LogP) is 4.81. The maximum absolute atomic E-state index is 12.1. The summed E-state index contributed by atoms with van der Waals surface area (Å²) in [5.74, 6) is -2.72. The van der Waals surface area contributed by atoms with Crippen LogP contribution in [0.25, 0.3) is 0 Å². The molecule has 0 aliphatic rings. The van der Waals surface area contributed by atoms with Gasteiger partial charge in [0.2, 0.25) is 0 Å². The van der Waals surface area contributed by atoms with Crippen LogP contribution in [0.5, 0.6) is 0 Å². The fourth-order valence-electron chi connectivity index (χ4n) is 2.71. The third-order valence-corrected chi connectivity index (χ3v) is 4.19. The normalized spacial score (nSPS) is 13.6. The maximum Gasteiger partial charge on any atom is 0.320 e. The number of rotatable bonds is 14. The van der Waals surface area contributed by atoms with Crippen molar-refractivity contribution in [3.05, 3.63) is 0 Å². The van der Waals surface area contributed by atoms with E-state index in [0.29, 0.717) is 13.0 Å². The lowest BCUT2D eigenvalue weighted by Gasteiger charge is -2.21. The Bertz CT molecular complexity index is 301. The first kappa shape index (κ1) is 20.9. The quantitative estimate of drug-likeness (QED) is 0.284. The second-order valence-corrected chi connectivity index (χ2v) is 6.06. The molecule has 0 saturated heterocycles. The van der Waals surface area contributed by atoms with Gasteiger partial charge in [-0.15, -0.1) is 0 Å². The van der Waals surface area contributed by atoms with Crippen molar-refractivity contribution in [2.45, 2.75) is 85.0 Å². The number of carboxylic acids is 1. The van der Waals surface area contributed by atoms with Crippen molar-refractivity contribution in [1.29, 1.82) is 0 Å². The van der Waals surface area contributed by atoms with E-state index in [1.165, 1.54) is 19.3 Å². The van der Waals surface area contributed by atoms with Gasteiger partial charge in [0.05, 0.1) is 6.61 Å². The minimum Gasteiger partial charge on any atom is -0.481 e. The van der Waals surface area contributed by atoms with E-state index in [1.54, 1.807) is 0 Å². The van der Waals surface area contributed by atoms with Crippen molar-refractivity contribution >= 4 is 11.9 Å². The summed E-state index contributed by atoms with van der Waals surface area (Å²) in [6.45, 7) is 6.53. The van der Waals surface area contributed by atoms with Crippen LogP contribution >= 0.6 is 0 Å². The molecule has 2 atom stereocenters. The van der Waals surface area contributed by atoms with Crippen LogP contribution in [-0.4, -0.2) is 23.7 Å². The molecule has 0 bridgehead atoms. The van der Waals surface area contributed by atoms with Gasteiger partial charge in [0.25, 0.3) is 0 Å². The summed E-state index contributed by atoms with van der Waals surface area (Å²) in [6, 6.07) is 0. The highest BCUT2D eigenvalue weighted by Gasteiger charge is 2.34. The minimum atomic E-state index is -1.05. The Morgan fingerprint density at radius 2 is 1.50 bits per heavy atom. The SMILES string of the molecule is CCCCCCCCOC(=O)C(C(=O)O)C(CC)CCCC. The highest BCUT2D eigenvalue weighted by molar-refractivity contribution is 5.94. The van der Waals surface area contributed by atoms with Crippen LogP contribution in [0.15, 0.2) is 0 Å². The molecule has 0 aliphatic carbocycles. The summed E-state index contributed by atoms with van der Waals surface area (Å²) in [7, 11) is 0. The van der Waals surface area contributed by atoms with Gasteiger partial charge in [0.15, 0.2) is 5.92 Å². The highest BCUT2D eigenvalue weighted by Crippen LogP contribution is 2.24. The van der Waals surface area contributed by atoms with E-state index in [0.717, 1.165) is 38.5 Å². The molecule has 0 amide bonds. The van der Waals surface area contributed by atoms with Gasteiger partial charge in [0.1, 0.15) is 0 Å². The zero-order valence-corrected chi connectivity index (χ0v) is 14.6. The largest absolute Gasteiger partial charge is 0.481 e. The van der Waals surface area contributed by atoms with Gasteiger partial charge < -0.3 is 9.84 Å². The molecule has 2 unspecified atom stereocenters. The number of unbranched alkanes of at least 4 members (excludes halogenated alkanes) is 6. The summed E-state index contributed by atoms with van der Waals surface area (Å²) in [4.78, 5) is 23.5. The first-order valence-corrected chi connectivity index (χ1v) is 8.97. The summed E-state index contributed by atoms with van der Waals surface area (Å²) in [5, 5.41) is 9.34. The molecule has 0 aromatic carbocycles. The third kappa shape index (κ3) is 9.06. The Kier molecular flexibility index (Phi) is 12.9. The second-order valence-electron chi connectivity index (χ2n) is 6.06. The number of aliphatic carboxylic acids is 1. The molecule has 0 aromatic rings. The van der Waals surface area contributed by atoms with E-state index in [-0.39, 0.29) is 5.92 Å². The molecule has 0 aromatic heterocycles. The Morgan fingerprint density at radius 1 is 0.909 bits per heavy atom. The summed E-state index contributed by atoms with van der Waals surface area (Å²) >= 11 is 0. The second kappa shape index (κ2) is 13.6. The molecule has 4 heteroatoms. The number of carbonyl (C=O) groups excluding carboxylic acids is 1. The average molecular weight is 314 g/mol. The molecule has 0 aliphatic heterocycles. The van der Waals surface area contributed by atoms with E-state index in [4.69, 9.17) is 4.74 Å². The third-order valence-electron chi connectivity index (χ3n) is 4.19. The topological polar surface area (TPSA) is 63.6 Å². The van der Waals surface area contributed by atoms with Crippen LogP contribution in [-0.2, 0) is 14.3 Å². The standard InChI is InChI=1S/C18H34O4/c1-4-7-9-10-11-12-14-22-18(21)16(17(19)20)15(6-3)13-8-5-2/h15-16H,4-14H2,1-3H3,(H,19,20). The summed E-state index contributed by atoms with van der Waals surface area (Å²) in [5.41, 5.74) is 0. The maximum atomic E-state index is 12.1. The van der Waals surface area contributed by atoms with E-state index >= 15 is 0 Å². The fraction of sp³-hybridized carbons (Fsp3) is 0.889. The van der Waals surface area contributed by atoms with Crippen LogP contribution < -0.4 is 0 Å². The van der Waals surface area contributed by atoms with Gasteiger partial charge in [-0.2, -0.15) is 0 Å². The minimum absolute atomic E-state index is 0.116. The van der Waals surface area contributed by atoms with E-state index < -0.39 is 17.9 Å².